The minimum absolute atomic E-state index is 0.152. The molecule has 1 aliphatic heterocycles. The molecule has 1 aromatic carbocycles. The molecule has 2 fully saturated rings. The topological polar surface area (TPSA) is 69.6 Å². The molecule has 1 heterocycles. The highest BCUT2D eigenvalue weighted by Crippen LogP contribution is 2.36. The van der Waals surface area contributed by atoms with Crippen LogP contribution in [0, 0.1) is 17.7 Å². The third kappa shape index (κ3) is 4.30. The summed E-state index contributed by atoms with van der Waals surface area (Å²) in [4.78, 5) is 25.5. The molecule has 0 bridgehead atoms. The van der Waals surface area contributed by atoms with Crippen molar-refractivity contribution in [3.8, 4) is 0 Å². The van der Waals surface area contributed by atoms with Gasteiger partial charge in [-0.3, -0.25) is 4.79 Å². The number of benzene rings is 1. The van der Waals surface area contributed by atoms with Gasteiger partial charge in [0.2, 0.25) is 0 Å². The van der Waals surface area contributed by atoms with Gasteiger partial charge in [0, 0.05) is 13.1 Å². The molecule has 2 amide bonds. The first-order valence-electron chi connectivity index (χ1n) is 9.08. The van der Waals surface area contributed by atoms with Gasteiger partial charge in [-0.05, 0) is 49.3 Å². The second kappa shape index (κ2) is 7.85. The fourth-order valence-corrected chi connectivity index (χ4v) is 4.02. The van der Waals surface area contributed by atoms with Gasteiger partial charge in [-0.1, -0.05) is 25.0 Å². The van der Waals surface area contributed by atoms with E-state index in [2.05, 4.69) is 5.32 Å². The lowest BCUT2D eigenvalue weighted by molar-refractivity contribution is -0.143. The average Bonchev–Trinajstić information content (AvgIpc) is 3.15. The van der Waals surface area contributed by atoms with E-state index in [-0.39, 0.29) is 24.4 Å². The van der Waals surface area contributed by atoms with E-state index in [1.54, 1.807) is 17.0 Å². The molecule has 1 saturated heterocycles. The van der Waals surface area contributed by atoms with E-state index in [9.17, 15) is 19.1 Å². The summed E-state index contributed by atoms with van der Waals surface area (Å²) in [7, 11) is 0. The Balaban J connectivity index is 1.72. The zero-order valence-corrected chi connectivity index (χ0v) is 14.3. The van der Waals surface area contributed by atoms with Crippen molar-refractivity contribution in [3.05, 3.63) is 35.6 Å². The first kappa shape index (κ1) is 17.7. The van der Waals surface area contributed by atoms with Crippen molar-refractivity contribution >= 4 is 12.0 Å². The third-order valence-electron chi connectivity index (χ3n) is 5.44. The number of urea groups is 1. The minimum Gasteiger partial charge on any atom is -0.481 e. The Morgan fingerprint density at radius 3 is 2.44 bits per heavy atom. The van der Waals surface area contributed by atoms with Crippen LogP contribution in [0.4, 0.5) is 9.18 Å². The Hall–Kier alpha value is -2.11. The van der Waals surface area contributed by atoms with Gasteiger partial charge in [-0.25, -0.2) is 9.18 Å². The molecule has 136 valence electrons. The Morgan fingerprint density at radius 1 is 1.12 bits per heavy atom. The highest BCUT2D eigenvalue weighted by atomic mass is 19.1. The van der Waals surface area contributed by atoms with E-state index in [0.717, 1.165) is 31.2 Å². The lowest BCUT2D eigenvalue weighted by Gasteiger charge is -2.33. The number of carboxylic acids is 1. The van der Waals surface area contributed by atoms with Crippen molar-refractivity contribution in [2.45, 2.75) is 44.6 Å². The van der Waals surface area contributed by atoms with Crippen molar-refractivity contribution in [2.75, 3.05) is 13.1 Å². The van der Waals surface area contributed by atoms with Crippen molar-refractivity contribution in [1.29, 1.82) is 0 Å². The molecular formula is C19H25FN2O3. The first-order valence-corrected chi connectivity index (χ1v) is 9.08. The number of carbonyl (C=O) groups excluding carboxylic acids is 1. The largest absolute Gasteiger partial charge is 0.481 e. The molecule has 0 aromatic heterocycles. The van der Waals surface area contributed by atoms with Crippen LogP contribution in [-0.4, -0.2) is 35.1 Å². The number of hydrogen-bond donors (Lipinski definition) is 2. The SMILES string of the molecule is O=C(O)C1CCCN(C(=O)NC(c2ccc(F)cc2)C2CCCC2)C1. The fraction of sp³-hybridized carbons (Fsp3) is 0.579. The molecular weight excluding hydrogens is 323 g/mol. The van der Waals surface area contributed by atoms with Crippen LogP contribution in [0.15, 0.2) is 24.3 Å². The molecule has 2 atom stereocenters. The van der Waals surface area contributed by atoms with Gasteiger partial charge < -0.3 is 15.3 Å². The summed E-state index contributed by atoms with van der Waals surface area (Å²) in [5, 5.41) is 12.3. The summed E-state index contributed by atoms with van der Waals surface area (Å²) in [6.07, 6.45) is 5.68. The van der Waals surface area contributed by atoms with E-state index in [0.29, 0.717) is 25.3 Å². The number of aliphatic carboxylic acids is 1. The summed E-state index contributed by atoms with van der Waals surface area (Å²) >= 11 is 0. The van der Waals surface area contributed by atoms with Crippen molar-refractivity contribution in [2.24, 2.45) is 11.8 Å². The summed E-state index contributed by atoms with van der Waals surface area (Å²) in [6.45, 7) is 0.832. The molecule has 1 aliphatic carbocycles. The number of hydrogen-bond acceptors (Lipinski definition) is 2. The lowest BCUT2D eigenvalue weighted by Crippen LogP contribution is -2.48. The van der Waals surface area contributed by atoms with E-state index in [1.807, 2.05) is 0 Å². The molecule has 2 aliphatic rings. The van der Waals surface area contributed by atoms with Crippen LogP contribution < -0.4 is 5.32 Å². The van der Waals surface area contributed by atoms with E-state index < -0.39 is 11.9 Å². The van der Waals surface area contributed by atoms with Gasteiger partial charge >= 0.3 is 12.0 Å². The number of rotatable bonds is 4. The molecule has 3 rings (SSSR count). The Kier molecular flexibility index (Phi) is 5.56. The van der Waals surface area contributed by atoms with E-state index in [1.165, 1.54) is 12.1 Å². The van der Waals surface area contributed by atoms with Gasteiger partial charge in [0.25, 0.3) is 0 Å². The van der Waals surface area contributed by atoms with Crippen molar-refractivity contribution < 1.29 is 19.1 Å². The maximum absolute atomic E-state index is 13.2. The van der Waals surface area contributed by atoms with Gasteiger partial charge in [0.1, 0.15) is 5.82 Å². The van der Waals surface area contributed by atoms with Gasteiger partial charge in [-0.2, -0.15) is 0 Å². The highest BCUT2D eigenvalue weighted by molar-refractivity contribution is 5.77. The van der Waals surface area contributed by atoms with Crippen LogP contribution in [0.2, 0.25) is 0 Å². The van der Waals surface area contributed by atoms with E-state index >= 15 is 0 Å². The molecule has 25 heavy (non-hydrogen) atoms. The zero-order chi connectivity index (χ0) is 17.8. The van der Waals surface area contributed by atoms with Crippen LogP contribution in [0.1, 0.15) is 50.1 Å². The van der Waals surface area contributed by atoms with Gasteiger partial charge in [0.05, 0.1) is 12.0 Å². The number of nitrogens with one attached hydrogen (secondary N) is 1. The molecule has 1 saturated carbocycles. The summed E-state index contributed by atoms with van der Waals surface area (Å²) in [6, 6.07) is 5.94. The molecule has 0 radical (unpaired) electrons. The van der Waals surface area contributed by atoms with Gasteiger partial charge in [-0.15, -0.1) is 0 Å². The number of amides is 2. The van der Waals surface area contributed by atoms with Crippen LogP contribution in [0.5, 0.6) is 0 Å². The van der Waals surface area contributed by atoms with Crippen molar-refractivity contribution in [3.63, 3.8) is 0 Å². The van der Waals surface area contributed by atoms with Crippen LogP contribution in [0.3, 0.4) is 0 Å². The number of halogens is 1. The Bertz CT molecular complexity index is 614. The first-order chi connectivity index (χ1) is 12.0. The molecule has 6 heteroatoms. The van der Waals surface area contributed by atoms with E-state index in [4.69, 9.17) is 0 Å². The molecule has 1 aromatic rings. The van der Waals surface area contributed by atoms with Gasteiger partial charge in [0.15, 0.2) is 0 Å². The smallest absolute Gasteiger partial charge is 0.317 e. The quantitative estimate of drug-likeness (QED) is 0.874. The predicted molar refractivity (Wildman–Crippen MR) is 91.6 cm³/mol. The number of piperidine rings is 1. The maximum Gasteiger partial charge on any atom is 0.317 e. The van der Waals surface area contributed by atoms with Crippen LogP contribution >= 0.6 is 0 Å². The second-order valence-electron chi connectivity index (χ2n) is 7.15. The third-order valence-corrected chi connectivity index (χ3v) is 5.44. The summed E-state index contributed by atoms with van der Waals surface area (Å²) in [5.74, 6) is -1.28. The number of carbonyl (C=O) groups is 2. The number of nitrogens with zero attached hydrogens (tertiary/aromatic N) is 1. The Labute approximate surface area is 147 Å². The zero-order valence-electron chi connectivity index (χ0n) is 14.3. The maximum atomic E-state index is 13.2. The van der Waals surface area contributed by atoms with Crippen LogP contribution in [-0.2, 0) is 4.79 Å². The Morgan fingerprint density at radius 2 is 1.80 bits per heavy atom. The molecule has 0 spiro atoms. The minimum atomic E-state index is -0.844. The summed E-state index contributed by atoms with van der Waals surface area (Å²) < 4.78 is 13.2. The number of carboxylic acid groups (broad SMARTS) is 1. The summed E-state index contributed by atoms with van der Waals surface area (Å²) in [5.41, 5.74) is 0.911. The molecule has 5 nitrogen and oxygen atoms in total. The van der Waals surface area contributed by atoms with Crippen LogP contribution in [0.25, 0.3) is 0 Å². The monoisotopic (exact) mass is 348 g/mol. The number of likely N-dealkylation sites (tertiary alicyclic amines) is 1. The normalized spacial score (nSPS) is 22.6. The predicted octanol–water partition coefficient (Wildman–Crippen LogP) is 3.56. The lowest BCUT2D eigenvalue weighted by atomic mass is 9.91. The standard InChI is InChI=1S/C19H25FN2O3/c20-16-9-7-14(8-10-16)17(13-4-1-2-5-13)21-19(25)22-11-3-6-15(12-22)18(23)24/h7-10,13,15,17H,1-6,11-12H2,(H,21,25)(H,23,24). The molecule has 2 unspecified atom stereocenters. The fourth-order valence-electron chi connectivity index (χ4n) is 4.02. The van der Waals surface area contributed by atoms with Crippen molar-refractivity contribution in [1.82, 2.24) is 10.2 Å². The average molecular weight is 348 g/mol. The highest BCUT2D eigenvalue weighted by Gasteiger charge is 2.32. The second-order valence-corrected chi connectivity index (χ2v) is 7.15. The molecule has 2 N–H and O–H groups in total.